The molecule has 0 fully saturated rings. The number of nitrogens with one attached hydrogen (secondary N) is 1. The Balaban J connectivity index is 3.06. The number of aliphatic carboxylic acids is 1. The van der Waals surface area contributed by atoms with Crippen LogP contribution >= 0.6 is 0 Å². The van der Waals surface area contributed by atoms with Crippen LogP contribution in [0.15, 0.2) is 18.2 Å². The summed E-state index contributed by atoms with van der Waals surface area (Å²) >= 11 is 0. The number of ether oxygens (including phenoxy) is 1. The molecule has 0 spiro atoms. The van der Waals surface area contributed by atoms with Crippen LogP contribution in [-0.2, 0) is 16.0 Å². The van der Waals surface area contributed by atoms with Crippen LogP contribution in [0.3, 0.4) is 0 Å². The van der Waals surface area contributed by atoms with Gasteiger partial charge in [-0.3, -0.25) is 14.9 Å². The second-order valence-electron chi connectivity index (χ2n) is 5.01. The summed E-state index contributed by atoms with van der Waals surface area (Å²) in [5.41, 5.74) is 0.170. The summed E-state index contributed by atoms with van der Waals surface area (Å²) in [7, 11) is 1.38. The van der Waals surface area contributed by atoms with E-state index in [1.807, 2.05) is 0 Å². The number of hydrogen-bond donors (Lipinski definition) is 2. The molecule has 1 aromatic carbocycles. The molecule has 0 aliphatic carbocycles. The third-order valence-electron chi connectivity index (χ3n) is 3.04. The highest BCUT2D eigenvalue weighted by Gasteiger charge is 2.24. The number of rotatable bonds is 7. The number of carboxylic acid groups (broad SMARTS) is 1. The van der Waals surface area contributed by atoms with Crippen molar-refractivity contribution < 1.29 is 24.4 Å². The highest BCUT2D eigenvalue weighted by atomic mass is 16.6. The van der Waals surface area contributed by atoms with Crippen molar-refractivity contribution in [3.05, 3.63) is 33.9 Å². The summed E-state index contributed by atoms with van der Waals surface area (Å²) < 4.78 is 5.08. The Kier molecular flexibility index (Phi) is 5.85. The van der Waals surface area contributed by atoms with E-state index in [0.29, 0.717) is 11.3 Å². The first-order chi connectivity index (χ1) is 10.3. The van der Waals surface area contributed by atoms with Gasteiger partial charge in [-0.2, -0.15) is 0 Å². The first-order valence-electron chi connectivity index (χ1n) is 6.60. The predicted octanol–water partition coefficient (Wildman–Crippen LogP) is 1.37. The van der Waals surface area contributed by atoms with Crippen molar-refractivity contribution in [1.82, 2.24) is 5.32 Å². The molecule has 0 aliphatic heterocycles. The van der Waals surface area contributed by atoms with Crippen molar-refractivity contribution in [3.63, 3.8) is 0 Å². The highest BCUT2D eigenvalue weighted by Crippen LogP contribution is 2.25. The van der Waals surface area contributed by atoms with E-state index in [-0.39, 0.29) is 18.0 Å². The van der Waals surface area contributed by atoms with Crippen molar-refractivity contribution in [2.75, 3.05) is 7.11 Å². The molecule has 1 aromatic rings. The van der Waals surface area contributed by atoms with Gasteiger partial charge in [-0.1, -0.05) is 13.8 Å². The average molecular weight is 310 g/mol. The smallest absolute Gasteiger partial charge is 0.326 e. The number of nitrogens with zero attached hydrogens (tertiary/aromatic N) is 1. The quantitative estimate of drug-likeness (QED) is 0.580. The molecule has 8 heteroatoms. The minimum Gasteiger partial charge on any atom is -0.496 e. The molecule has 1 atom stereocenters. The van der Waals surface area contributed by atoms with E-state index in [4.69, 9.17) is 4.74 Å². The van der Waals surface area contributed by atoms with Crippen molar-refractivity contribution in [1.29, 1.82) is 0 Å². The average Bonchev–Trinajstić information content (AvgIpc) is 2.45. The van der Waals surface area contributed by atoms with Gasteiger partial charge in [-0.15, -0.1) is 0 Å². The molecule has 0 heterocycles. The van der Waals surface area contributed by atoms with Gasteiger partial charge >= 0.3 is 5.97 Å². The van der Waals surface area contributed by atoms with Crippen molar-refractivity contribution in [2.45, 2.75) is 26.3 Å². The Labute approximate surface area is 127 Å². The molecule has 0 saturated carbocycles. The Morgan fingerprint density at radius 2 is 2.05 bits per heavy atom. The number of benzene rings is 1. The van der Waals surface area contributed by atoms with Crippen LogP contribution in [0.5, 0.6) is 5.75 Å². The molecule has 0 aliphatic rings. The van der Waals surface area contributed by atoms with Gasteiger partial charge in [0, 0.05) is 30.0 Å². The Hall–Kier alpha value is -2.64. The third-order valence-corrected chi connectivity index (χ3v) is 3.04. The monoisotopic (exact) mass is 310 g/mol. The summed E-state index contributed by atoms with van der Waals surface area (Å²) in [6, 6.07) is 2.73. The molecular weight excluding hydrogens is 292 g/mol. The first kappa shape index (κ1) is 17.4. The molecule has 0 bridgehead atoms. The number of methoxy groups -OCH3 is 1. The minimum absolute atomic E-state index is 0.112. The van der Waals surface area contributed by atoms with E-state index in [1.54, 1.807) is 13.8 Å². The zero-order valence-electron chi connectivity index (χ0n) is 12.5. The lowest BCUT2D eigenvalue weighted by Crippen LogP contribution is -2.44. The van der Waals surface area contributed by atoms with Crippen molar-refractivity contribution in [2.24, 2.45) is 5.92 Å². The Morgan fingerprint density at radius 3 is 2.50 bits per heavy atom. The SMILES string of the molecule is COc1ccc([N+](=O)[O-])cc1C[C@H](NC(=O)C(C)C)C(=O)O. The van der Waals surface area contributed by atoms with Gasteiger partial charge in [-0.05, 0) is 6.07 Å². The van der Waals surface area contributed by atoms with Crippen molar-refractivity contribution in [3.8, 4) is 5.75 Å². The fourth-order valence-electron chi connectivity index (χ4n) is 1.80. The molecule has 0 saturated heterocycles. The van der Waals surface area contributed by atoms with Gasteiger partial charge < -0.3 is 15.2 Å². The molecule has 120 valence electrons. The lowest BCUT2D eigenvalue weighted by molar-refractivity contribution is -0.384. The largest absolute Gasteiger partial charge is 0.496 e. The molecule has 8 nitrogen and oxygen atoms in total. The summed E-state index contributed by atoms with van der Waals surface area (Å²) in [6.07, 6.45) is -0.112. The first-order valence-corrected chi connectivity index (χ1v) is 6.60. The maximum atomic E-state index is 11.7. The topological polar surface area (TPSA) is 119 Å². The lowest BCUT2D eigenvalue weighted by atomic mass is 10.0. The Morgan fingerprint density at radius 1 is 1.41 bits per heavy atom. The van der Waals surface area contributed by atoms with Crippen LogP contribution in [0.4, 0.5) is 5.69 Å². The predicted molar refractivity (Wildman–Crippen MR) is 77.8 cm³/mol. The van der Waals surface area contributed by atoms with Crippen LogP contribution in [-0.4, -0.2) is 35.1 Å². The van der Waals surface area contributed by atoms with Crippen LogP contribution in [0.25, 0.3) is 0 Å². The Bertz CT molecular complexity index is 585. The van der Waals surface area contributed by atoms with Crippen LogP contribution in [0, 0.1) is 16.0 Å². The molecule has 0 radical (unpaired) electrons. The van der Waals surface area contributed by atoms with Crippen LogP contribution in [0.1, 0.15) is 19.4 Å². The molecule has 2 N–H and O–H groups in total. The fourth-order valence-corrected chi connectivity index (χ4v) is 1.80. The summed E-state index contributed by atoms with van der Waals surface area (Å²) in [4.78, 5) is 33.2. The number of hydrogen-bond acceptors (Lipinski definition) is 5. The molecule has 22 heavy (non-hydrogen) atoms. The summed E-state index contributed by atoms with van der Waals surface area (Å²) in [6.45, 7) is 3.28. The molecule has 0 aromatic heterocycles. The molecular formula is C14H18N2O6. The van der Waals surface area contributed by atoms with Gasteiger partial charge in [-0.25, -0.2) is 4.79 Å². The van der Waals surface area contributed by atoms with Gasteiger partial charge in [0.25, 0.3) is 5.69 Å². The fraction of sp³-hybridized carbons (Fsp3) is 0.429. The number of carbonyl (C=O) groups is 2. The number of non-ortho nitro benzene ring substituents is 1. The van der Waals surface area contributed by atoms with Crippen LogP contribution in [0.2, 0.25) is 0 Å². The maximum Gasteiger partial charge on any atom is 0.326 e. The number of carbonyl (C=O) groups excluding carboxylic acids is 1. The molecule has 1 amide bonds. The zero-order valence-corrected chi connectivity index (χ0v) is 12.5. The van der Waals surface area contributed by atoms with E-state index in [9.17, 15) is 24.8 Å². The lowest BCUT2D eigenvalue weighted by Gasteiger charge is -2.17. The van der Waals surface area contributed by atoms with Crippen molar-refractivity contribution >= 4 is 17.6 Å². The normalized spacial score (nSPS) is 11.8. The summed E-state index contributed by atoms with van der Waals surface area (Å²) in [5.74, 6) is -1.66. The maximum absolute atomic E-state index is 11.7. The number of nitro groups is 1. The zero-order chi connectivity index (χ0) is 16.9. The van der Waals surface area contributed by atoms with Gasteiger partial charge in [0.05, 0.1) is 12.0 Å². The number of nitro benzene ring substituents is 1. The van der Waals surface area contributed by atoms with Crippen LogP contribution < -0.4 is 10.1 Å². The van der Waals surface area contributed by atoms with Gasteiger partial charge in [0.1, 0.15) is 11.8 Å². The molecule has 1 rings (SSSR count). The number of carboxylic acids is 1. The van der Waals surface area contributed by atoms with E-state index < -0.39 is 22.8 Å². The van der Waals surface area contributed by atoms with Gasteiger partial charge in [0.2, 0.25) is 5.91 Å². The second kappa shape index (κ2) is 7.39. The third kappa shape index (κ3) is 4.44. The highest BCUT2D eigenvalue weighted by molar-refractivity contribution is 5.84. The summed E-state index contributed by atoms with van der Waals surface area (Å²) in [5, 5.41) is 22.4. The van der Waals surface area contributed by atoms with E-state index in [2.05, 4.69) is 5.32 Å². The van der Waals surface area contributed by atoms with Gasteiger partial charge in [0.15, 0.2) is 0 Å². The van der Waals surface area contributed by atoms with E-state index >= 15 is 0 Å². The minimum atomic E-state index is -1.22. The standard InChI is InChI=1S/C14H18N2O6/c1-8(2)13(17)15-11(14(18)19)7-9-6-10(16(20)21)4-5-12(9)22-3/h4-6,8,11H,7H2,1-3H3,(H,15,17)(H,18,19)/t11-/m0/s1. The van der Waals surface area contributed by atoms with E-state index in [1.165, 1.54) is 25.3 Å². The second-order valence-corrected chi connectivity index (χ2v) is 5.01. The molecule has 0 unspecified atom stereocenters. The van der Waals surface area contributed by atoms with E-state index in [0.717, 1.165) is 0 Å². The number of amides is 1.